The van der Waals surface area contributed by atoms with Crippen LogP contribution in [0.3, 0.4) is 0 Å². The van der Waals surface area contributed by atoms with Crippen molar-refractivity contribution in [3.05, 3.63) is 65.7 Å². The average Bonchev–Trinajstić information content (AvgIpc) is 2.45. The molecule has 0 unspecified atom stereocenters. The second-order valence-electron chi connectivity index (χ2n) is 4.28. The molecule has 0 heterocycles. The van der Waals surface area contributed by atoms with Gasteiger partial charge in [-0.3, -0.25) is 0 Å². The van der Waals surface area contributed by atoms with E-state index in [4.69, 9.17) is 11.5 Å². The van der Waals surface area contributed by atoms with Gasteiger partial charge in [0.25, 0.3) is 0 Å². The quantitative estimate of drug-likeness (QED) is 0.443. The highest BCUT2D eigenvalue weighted by molar-refractivity contribution is 5.77. The largest absolute Gasteiger partial charge is 0.399 e. The van der Waals surface area contributed by atoms with Gasteiger partial charge in [0, 0.05) is 12.2 Å². The molecule has 0 fully saturated rings. The minimum atomic E-state index is 0.445. The molecule has 2 aromatic rings. The summed E-state index contributed by atoms with van der Waals surface area (Å²) in [5, 5.41) is 3.08. The van der Waals surface area contributed by atoms with Crippen molar-refractivity contribution in [2.45, 2.75) is 13.1 Å². The zero-order valence-electron chi connectivity index (χ0n) is 10.7. The smallest absolute Gasteiger partial charge is 0.189 e. The summed E-state index contributed by atoms with van der Waals surface area (Å²) < 4.78 is 0. The predicted molar refractivity (Wildman–Crippen MR) is 79.5 cm³/mol. The van der Waals surface area contributed by atoms with Gasteiger partial charge in [-0.2, -0.15) is 0 Å². The minimum Gasteiger partial charge on any atom is -0.399 e. The molecule has 0 aliphatic rings. The van der Waals surface area contributed by atoms with Crippen LogP contribution < -0.4 is 16.8 Å². The van der Waals surface area contributed by atoms with E-state index in [0.29, 0.717) is 19.0 Å². The van der Waals surface area contributed by atoms with Crippen LogP contribution in [0.4, 0.5) is 5.69 Å². The van der Waals surface area contributed by atoms with Crippen LogP contribution >= 0.6 is 0 Å². The molecule has 2 aromatic carbocycles. The molecule has 5 N–H and O–H groups in total. The van der Waals surface area contributed by atoms with Gasteiger partial charge in [-0.15, -0.1) is 0 Å². The molecule has 4 nitrogen and oxygen atoms in total. The standard InChI is InChI=1S/C15H18N4/c16-14-8-6-13(7-9-14)11-19-15(17)18-10-12-4-2-1-3-5-12/h1-9H,10-11,16H2,(H3,17,18,19). The summed E-state index contributed by atoms with van der Waals surface area (Å²) in [5.74, 6) is 0.445. The second-order valence-corrected chi connectivity index (χ2v) is 4.28. The Bertz CT molecular complexity index is 532. The maximum atomic E-state index is 5.81. The van der Waals surface area contributed by atoms with Crippen LogP contribution in [0.1, 0.15) is 11.1 Å². The summed E-state index contributed by atoms with van der Waals surface area (Å²) in [7, 11) is 0. The fourth-order valence-corrected chi connectivity index (χ4v) is 1.64. The van der Waals surface area contributed by atoms with E-state index in [0.717, 1.165) is 16.8 Å². The molecule has 4 heteroatoms. The van der Waals surface area contributed by atoms with Crippen molar-refractivity contribution >= 4 is 11.6 Å². The molecule has 2 rings (SSSR count). The first-order valence-corrected chi connectivity index (χ1v) is 6.16. The summed E-state index contributed by atoms with van der Waals surface area (Å²) in [6.45, 7) is 1.23. The zero-order chi connectivity index (χ0) is 13.5. The average molecular weight is 254 g/mol. The monoisotopic (exact) mass is 254 g/mol. The number of guanidine groups is 1. The van der Waals surface area contributed by atoms with Gasteiger partial charge in [0.2, 0.25) is 0 Å². The molecular formula is C15H18N4. The van der Waals surface area contributed by atoms with Crippen LogP contribution in [0.25, 0.3) is 0 Å². The fourth-order valence-electron chi connectivity index (χ4n) is 1.64. The Morgan fingerprint density at radius 3 is 2.32 bits per heavy atom. The topological polar surface area (TPSA) is 76.4 Å². The van der Waals surface area contributed by atoms with Crippen LogP contribution in [0.15, 0.2) is 59.6 Å². The van der Waals surface area contributed by atoms with Crippen molar-refractivity contribution in [1.29, 1.82) is 0 Å². The third kappa shape index (κ3) is 4.35. The van der Waals surface area contributed by atoms with E-state index < -0.39 is 0 Å². The Balaban J connectivity index is 1.84. The highest BCUT2D eigenvalue weighted by Crippen LogP contribution is 2.04. The van der Waals surface area contributed by atoms with Crippen molar-refractivity contribution in [2.75, 3.05) is 5.73 Å². The van der Waals surface area contributed by atoms with Gasteiger partial charge in [-0.25, -0.2) is 4.99 Å². The Kier molecular flexibility index (Phi) is 4.39. The number of nitrogens with one attached hydrogen (secondary N) is 1. The summed E-state index contributed by atoms with van der Waals surface area (Å²) in [5.41, 5.74) is 14.5. The number of hydrogen-bond donors (Lipinski definition) is 3. The SMILES string of the molecule is NC(=NCc1ccccc1)NCc1ccc(N)cc1. The lowest BCUT2D eigenvalue weighted by molar-refractivity contribution is 0.885. The van der Waals surface area contributed by atoms with Crippen molar-refractivity contribution < 1.29 is 0 Å². The summed E-state index contributed by atoms with van der Waals surface area (Å²) in [4.78, 5) is 4.29. The number of aliphatic imine (C=N–C) groups is 1. The van der Waals surface area contributed by atoms with Crippen molar-refractivity contribution in [2.24, 2.45) is 10.7 Å². The maximum absolute atomic E-state index is 5.81. The third-order valence-electron chi connectivity index (χ3n) is 2.73. The molecule has 0 aliphatic carbocycles. The first-order valence-electron chi connectivity index (χ1n) is 6.16. The Hall–Kier alpha value is -2.49. The minimum absolute atomic E-state index is 0.445. The van der Waals surface area contributed by atoms with Gasteiger partial charge in [-0.1, -0.05) is 42.5 Å². The maximum Gasteiger partial charge on any atom is 0.189 e. The van der Waals surface area contributed by atoms with E-state index >= 15 is 0 Å². The van der Waals surface area contributed by atoms with E-state index in [1.807, 2.05) is 54.6 Å². The number of nitrogens with two attached hydrogens (primary N) is 2. The lowest BCUT2D eigenvalue weighted by Gasteiger charge is -2.06. The Morgan fingerprint density at radius 1 is 0.947 bits per heavy atom. The van der Waals surface area contributed by atoms with Crippen LogP contribution in [0.2, 0.25) is 0 Å². The first-order chi connectivity index (χ1) is 9.24. The van der Waals surface area contributed by atoms with Crippen LogP contribution in [0.5, 0.6) is 0 Å². The van der Waals surface area contributed by atoms with Gasteiger partial charge in [0.15, 0.2) is 5.96 Å². The normalized spacial score (nSPS) is 11.3. The number of rotatable bonds is 4. The third-order valence-corrected chi connectivity index (χ3v) is 2.73. The van der Waals surface area contributed by atoms with Crippen LogP contribution in [-0.2, 0) is 13.1 Å². The van der Waals surface area contributed by atoms with E-state index in [2.05, 4.69) is 10.3 Å². The predicted octanol–water partition coefficient (Wildman–Crippen LogP) is 1.87. The van der Waals surface area contributed by atoms with E-state index in [9.17, 15) is 0 Å². The summed E-state index contributed by atoms with van der Waals surface area (Å²) in [6, 6.07) is 17.7. The van der Waals surface area contributed by atoms with E-state index in [-0.39, 0.29) is 0 Å². The van der Waals surface area contributed by atoms with Crippen LogP contribution in [-0.4, -0.2) is 5.96 Å². The van der Waals surface area contributed by atoms with Crippen LogP contribution in [0, 0.1) is 0 Å². The molecule has 0 amide bonds. The number of nitrogen functional groups attached to an aromatic ring is 1. The molecule has 0 saturated carbocycles. The Labute approximate surface area is 113 Å². The molecule has 0 saturated heterocycles. The first kappa shape index (κ1) is 13.0. The van der Waals surface area contributed by atoms with Crippen molar-refractivity contribution in [3.63, 3.8) is 0 Å². The molecule has 0 atom stereocenters. The molecule has 0 bridgehead atoms. The molecular weight excluding hydrogens is 236 g/mol. The number of benzene rings is 2. The van der Waals surface area contributed by atoms with E-state index in [1.54, 1.807) is 0 Å². The molecule has 0 spiro atoms. The molecule has 98 valence electrons. The van der Waals surface area contributed by atoms with E-state index in [1.165, 1.54) is 0 Å². The van der Waals surface area contributed by atoms with Gasteiger partial charge < -0.3 is 16.8 Å². The lowest BCUT2D eigenvalue weighted by Crippen LogP contribution is -2.31. The van der Waals surface area contributed by atoms with Crippen molar-refractivity contribution in [1.82, 2.24) is 5.32 Å². The number of nitrogens with zero attached hydrogens (tertiary/aromatic N) is 1. The van der Waals surface area contributed by atoms with Gasteiger partial charge in [0.1, 0.15) is 0 Å². The Morgan fingerprint density at radius 2 is 1.63 bits per heavy atom. The molecule has 19 heavy (non-hydrogen) atoms. The number of anilines is 1. The van der Waals surface area contributed by atoms with Crippen molar-refractivity contribution in [3.8, 4) is 0 Å². The van der Waals surface area contributed by atoms with Gasteiger partial charge in [0.05, 0.1) is 6.54 Å². The zero-order valence-corrected chi connectivity index (χ0v) is 10.7. The highest BCUT2D eigenvalue weighted by Gasteiger charge is 1.95. The lowest BCUT2D eigenvalue weighted by atomic mass is 10.2. The number of hydrogen-bond acceptors (Lipinski definition) is 2. The second kappa shape index (κ2) is 6.44. The molecule has 0 radical (unpaired) electrons. The highest BCUT2D eigenvalue weighted by atomic mass is 15.1. The fraction of sp³-hybridized carbons (Fsp3) is 0.133. The summed E-state index contributed by atoms with van der Waals surface area (Å²) >= 11 is 0. The van der Waals surface area contributed by atoms with Gasteiger partial charge >= 0.3 is 0 Å². The van der Waals surface area contributed by atoms with Gasteiger partial charge in [-0.05, 0) is 23.3 Å². The summed E-state index contributed by atoms with van der Waals surface area (Å²) in [6.07, 6.45) is 0. The molecule has 0 aliphatic heterocycles. The molecule has 0 aromatic heterocycles.